The summed E-state index contributed by atoms with van der Waals surface area (Å²) < 4.78 is 5.58. The van der Waals surface area contributed by atoms with E-state index in [0.717, 1.165) is 5.56 Å². The van der Waals surface area contributed by atoms with Crippen LogP contribution in [0.3, 0.4) is 0 Å². The molecule has 6 nitrogen and oxygen atoms in total. The van der Waals surface area contributed by atoms with E-state index in [1.54, 1.807) is 17.3 Å². The lowest BCUT2D eigenvalue weighted by Gasteiger charge is -2.18. The molecule has 0 radical (unpaired) electrons. The second kappa shape index (κ2) is 6.67. The lowest BCUT2D eigenvalue weighted by molar-refractivity contribution is -0.0393. The number of β-amino-alcohol motifs (C(OH)–C–C–N with tert-alkyl or cyclic N) is 1. The number of ether oxygens (including phenoxy) is 1. The van der Waals surface area contributed by atoms with Crippen LogP contribution in [-0.2, 0) is 11.3 Å². The number of amides is 2. The average Bonchev–Trinajstić information content (AvgIpc) is 2.78. The van der Waals surface area contributed by atoms with Gasteiger partial charge in [0.05, 0.1) is 25.3 Å². The molecule has 1 saturated heterocycles. The zero-order chi connectivity index (χ0) is 14.5. The van der Waals surface area contributed by atoms with Gasteiger partial charge in [0.15, 0.2) is 0 Å². The number of hydrogen-bond donors (Lipinski definition) is 2. The van der Waals surface area contributed by atoms with Crippen LogP contribution in [0.1, 0.15) is 19.4 Å². The summed E-state index contributed by atoms with van der Waals surface area (Å²) >= 11 is 0. The Morgan fingerprint density at radius 2 is 2.40 bits per heavy atom. The number of aliphatic hydroxyl groups excluding tert-OH is 1. The van der Waals surface area contributed by atoms with Crippen molar-refractivity contribution in [2.24, 2.45) is 0 Å². The molecular weight excluding hydrogens is 258 g/mol. The molecule has 2 unspecified atom stereocenters. The average molecular weight is 279 g/mol. The number of aliphatic hydroxyl groups is 1. The predicted octanol–water partition coefficient (Wildman–Crippen LogP) is 0.761. The Morgan fingerprint density at radius 3 is 3.05 bits per heavy atom. The van der Waals surface area contributed by atoms with Crippen LogP contribution in [0.4, 0.5) is 4.79 Å². The minimum absolute atomic E-state index is 0.0352. The number of nitrogens with zero attached hydrogens (tertiary/aromatic N) is 2. The van der Waals surface area contributed by atoms with Gasteiger partial charge in [0.1, 0.15) is 6.10 Å². The summed E-state index contributed by atoms with van der Waals surface area (Å²) in [5.74, 6) is 0. The van der Waals surface area contributed by atoms with E-state index < -0.39 is 6.10 Å². The number of likely N-dealkylation sites (tertiary alicyclic amines) is 1. The first-order valence-corrected chi connectivity index (χ1v) is 6.81. The first kappa shape index (κ1) is 14.7. The molecule has 2 N–H and O–H groups in total. The van der Waals surface area contributed by atoms with Crippen LogP contribution < -0.4 is 5.32 Å². The zero-order valence-electron chi connectivity index (χ0n) is 11.8. The monoisotopic (exact) mass is 279 g/mol. The maximum Gasteiger partial charge on any atom is 0.317 e. The number of urea groups is 1. The number of nitrogens with one attached hydrogen (secondary N) is 1. The summed E-state index contributed by atoms with van der Waals surface area (Å²) in [6.07, 6.45) is 2.51. The summed E-state index contributed by atoms with van der Waals surface area (Å²) in [5.41, 5.74) is 0.940. The Bertz CT molecular complexity index is 439. The number of hydrogen-bond acceptors (Lipinski definition) is 4. The van der Waals surface area contributed by atoms with E-state index in [1.165, 1.54) is 0 Å². The first-order chi connectivity index (χ1) is 9.56. The molecule has 0 saturated carbocycles. The highest BCUT2D eigenvalue weighted by Crippen LogP contribution is 2.15. The molecule has 1 fully saturated rings. The van der Waals surface area contributed by atoms with Gasteiger partial charge in [-0.15, -0.1) is 0 Å². The Morgan fingerprint density at radius 1 is 1.60 bits per heavy atom. The molecule has 1 aromatic rings. The fourth-order valence-corrected chi connectivity index (χ4v) is 2.20. The first-order valence-electron chi connectivity index (χ1n) is 6.81. The van der Waals surface area contributed by atoms with Gasteiger partial charge in [0, 0.05) is 18.9 Å². The number of carbonyl (C=O) groups excluding carboxylic acids is 1. The highest BCUT2D eigenvalue weighted by molar-refractivity contribution is 5.74. The molecular formula is C14H21N3O3. The van der Waals surface area contributed by atoms with Gasteiger partial charge < -0.3 is 20.1 Å². The van der Waals surface area contributed by atoms with Gasteiger partial charge in [0.2, 0.25) is 0 Å². The van der Waals surface area contributed by atoms with Crippen molar-refractivity contribution in [3.63, 3.8) is 0 Å². The Balaban J connectivity index is 1.82. The highest BCUT2D eigenvalue weighted by atomic mass is 16.5. The fourth-order valence-electron chi connectivity index (χ4n) is 2.20. The SMILES string of the molecule is CC(C)OC1CN(C(=O)NCc2cccnc2)CC1O. The number of carbonyl (C=O) groups is 1. The van der Waals surface area contributed by atoms with E-state index in [-0.39, 0.29) is 18.2 Å². The van der Waals surface area contributed by atoms with Crippen molar-refractivity contribution < 1.29 is 14.6 Å². The van der Waals surface area contributed by atoms with Crippen LogP contribution in [-0.4, -0.2) is 52.4 Å². The number of pyridine rings is 1. The molecule has 0 aliphatic carbocycles. The molecule has 1 aliphatic heterocycles. The van der Waals surface area contributed by atoms with E-state index in [9.17, 15) is 9.90 Å². The van der Waals surface area contributed by atoms with Gasteiger partial charge in [-0.05, 0) is 25.5 Å². The normalized spacial score (nSPS) is 22.3. The van der Waals surface area contributed by atoms with Crippen molar-refractivity contribution in [2.45, 2.75) is 38.7 Å². The molecule has 2 heterocycles. The zero-order valence-corrected chi connectivity index (χ0v) is 11.8. The minimum Gasteiger partial charge on any atom is -0.388 e. The summed E-state index contributed by atoms with van der Waals surface area (Å²) in [5, 5.41) is 12.7. The minimum atomic E-state index is -0.624. The molecule has 2 amide bonds. The standard InChI is InChI=1S/C14H21N3O3/c1-10(2)20-13-9-17(8-12(13)18)14(19)16-7-11-4-3-5-15-6-11/h3-6,10,12-13,18H,7-9H2,1-2H3,(H,16,19). The quantitative estimate of drug-likeness (QED) is 0.853. The van der Waals surface area contributed by atoms with Crippen LogP contribution in [0.2, 0.25) is 0 Å². The summed E-state index contributed by atoms with van der Waals surface area (Å²) in [6.45, 7) is 4.97. The molecule has 1 aliphatic rings. The van der Waals surface area contributed by atoms with Gasteiger partial charge in [-0.1, -0.05) is 6.07 Å². The summed E-state index contributed by atoms with van der Waals surface area (Å²) in [6, 6.07) is 3.53. The van der Waals surface area contributed by atoms with Crippen LogP contribution >= 0.6 is 0 Å². The van der Waals surface area contributed by atoms with Gasteiger partial charge in [0.25, 0.3) is 0 Å². The topological polar surface area (TPSA) is 74.7 Å². The molecule has 6 heteroatoms. The molecule has 110 valence electrons. The second-order valence-corrected chi connectivity index (χ2v) is 5.22. The molecule has 0 bridgehead atoms. The number of rotatable bonds is 4. The lowest BCUT2D eigenvalue weighted by atomic mass is 10.2. The van der Waals surface area contributed by atoms with Gasteiger partial charge in [-0.3, -0.25) is 4.98 Å². The van der Waals surface area contributed by atoms with Gasteiger partial charge in [-0.2, -0.15) is 0 Å². The third-order valence-electron chi connectivity index (χ3n) is 3.14. The molecule has 2 rings (SSSR count). The predicted molar refractivity (Wildman–Crippen MR) is 74.1 cm³/mol. The molecule has 1 aromatic heterocycles. The molecule has 2 atom stereocenters. The van der Waals surface area contributed by atoms with Crippen molar-refractivity contribution in [2.75, 3.05) is 13.1 Å². The lowest BCUT2D eigenvalue weighted by Crippen LogP contribution is -2.39. The maximum atomic E-state index is 12.0. The largest absolute Gasteiger partial charge is 0.388 e. The van der Waals surface area contributed by atoms with E-state index in [1.807, 2.05) is 26.0 Å². The Kier molecular flexibility index (Phi) is 4.92. The van der Waals surface area contributed by atoms with E-state index in [0.29, 0.717) is 19.6 Å². The van der Waals surface area contributed by atoms with Gasteiger partial charge in [-0.25, -0.2) is 4.79 Å². The third kappa shape index (κ3) is 3.91. The van der Waals surface area contributed by atoms with Crippen molar-refractivity contribution in [3.05, 3.63) is 30.1 Å². The van der Waals surface area contributed by atoms with Crippen molar-refractivity contribution >= 4 is 6.03 Å². The van der Waals surface area contributed by atoms with E-state index >= 15 is 0 Å². The Labute approximate surface area is 118 Å². The summed E-state index contributed by atoms with van der Waals surface area (Å²) in [4.78, 5) is 17.6. The fraction of sp³-hybridized carbons (Fsp3) is 0.571. The van der Waals surface area contributed by atoms with Crippen molar-refractivity contribution in [3.8, 4) is 0 Å². The van der Waals surface area contributed by atoms with Crippen LogP contribution in [0.25, 0.3) is 0 Å². The second-order valence-electron chi connectivity index (χ2n) is 5.22. The Hall–Kier alpha value is -1.66. The van der Waals surface area contributed by atoms with E-state index in [4.69, 9.17) is 4.74 Å². The van der Waals surface area contributed by atoms with E-state index in [2.05, 4.69) is 10.3 Å². The molecule has 20 heavy (non-hydrogen) atoms. The molecule has 0 aromatic carbocycles. The molecule has 0 spiro atoms. The van der Waals surface area contributed by atoms with Crippen molar-refractivity contribution in [1.82, 2.24) is 15.2 Å². The van der Waals surface area contributed by atoms with Crippen LogP contribution in [0.15, 0.2) is 24.5 Å². The maximum absolute atomic E-state index is 12.0. The van der Waals surface area contributed by atoms with Gasteiger partial charge >= 0.3 is 6.03 Å². The van der Waals surface area contributed by atoms with Crippen molar-refractivity contribution in [1.29, 1.82) is 0 Å². The third-order valence-corrected chi connectivity index (χ3v) is 3.14. The smallest absolute Gasteiger partial charge is 0.317 e. The highest BCUT2D eigenvalue weighted by Gasteiger charge is 2.35. The number of aromatic nitrogens is 1. The van der Waals surface area contributed by atoms with Crippen LogP contribution in [0.5, 0.6) is 0 Å². The van der Waals surface area contributed by atoms with Crippen LogP contribution in [0, 0.1) is 0 Å². The summed E-state index contributed by atoms with van der Waals surface area (Å²) in [7, 11) is 0.